The number of benzene rings is 1. The van der Waals surface area contributed by atoms with Crippen LogP contribution >= 0.6 is 0 Å². The van der Waals surface area contributed by atoms with E-state index < -0.39 is 23.5 Å². The number of hydrogen-bond acceptors (Lipinski definition) is 6. The summed E-state index contributed by atoms with van der Waals surface area (Å²) in [6.45, 7) is 0.662. The minimum Gasteiger partial charge on any atom is -0.479 e. The van der Waals surface area contributed by atoms with Crippen molar-refractivity contribution in [3.8, 4) is 5.75 Å². The van der Waals surface area contributed by atoms with Gasteiger partial charge in [0.15, 0.2) is 28.8 Å². The molecule has 2 aromatic heterocycles. The van der Waals surface area contributed by atoms with Crippen LogP contribution in [0.5, 0.6) is 5.75 Å². The molecule has 0 bridgehead atoms. The van der Waals surface area contributed by atoms with Crippen molar-refractivity contribution in [1.82, 2.24) is 15.0 Å². The van der Waals surface area contributed by atoms with E-state index in [-0.39, 0.29) is 29.9 Å². The number of carbonyl (C=O) groups is 1. The second-order valence-corrected chi connectivity index (χ2v) is 7.35. The summed E-state index contributed by atoms with van der Waals surface area (Å²) in [7, 11) is 0. The molecule has 0 aliphatic carbocycles. The largest absolute Gasteiger partial charge is 0.479 e. The van der Waals surface area contributed by atoms with Gasteiger partial charge in [-0.3, -0.25) is 9.78 Å². The summed E-state index contributed by atoms with van der Waals surface area (Å²) in [4.78, 5) is 18.5. The second kappa shape index (κ2) is 9.22. The smallest absolute Gasteiger partial charge is 0.276 e. The molecule has 1 aliphatic rings. The van der Waals surface area contributed by atoms with Gasteiger partial charge < -0.3 is 19.3 Å². The summed E-state index contributed by atoms with van der Waals surface area (Å²) >= 11 is 0. The topological polar surface area (TPSA) is 88.7 Å². The number of halogens is 2. The van der Waals surface area contributed by atoms with Crippen molar-refractivity contribution in [1.29, 1.82) is 0 Å². The van der Waals surface area contributed by atoms with Gasteiger partial charge in [-0.1, -0.05) is 17.3 Å². The molecule has 1 N–H and O–H groups in total. The highest BCUT2D eigenvalue weighted by molar-refractivity contribution is 5.92. The Morgan fingerprint density at radius 1 is 1.19 bits per heavy atom. The number of nitrogens with zero attached hydrogens (tertiary/aromatic N) is 3. The van der Waals surface area contributed by atoms with E-state index in [1.807, 2.05) is 6.07 Å². The van der Waals surface area contributed by atoms with Crippen LogP contribution in [-0.4, -0.2) is 39.1 Å². The molecular weight excluding hydrogens is 408 g/mol. The fourth-order valence-corrected chi connectivity index (χ4v) is 3.62. The number of piperidine rings is 1. The third kappa shape index (κ3) is 4.72. The van der Waals surface area contributed by atoms with Gasteiger partial charge in [0.2, 0.25) is 0 Å². The molecule has 1 atom stereocenters. The van der Waals surface area contributed by atoms with E-state index in [1.165, 1.54) is 12.1 Å². The number of amides is 1. The van der Waals surface area contributed by atoms with E-state index >= 15 is 0 Å². The Morgan fingerprint density at radius 3 is 2.61 bits per heavy atom. The monoisotopic (exact) mass is 429 g/mol. The first-order chi connectivity index (χ1) is 15.0. The lowest BCUT2D eigenvalue weighted by molar-refractivity contribution is 0.0441. The molecule has 1 fully saturated rings. The number of pyridine rings is 1. The molecule has 7 nitrogen and oxygen atoms in total. The van der Waals surface area contributed by atoms with E-state index in [4.69, 9.17) is 9.26 Å². The van der Waals surface area contributed by atoms with Crippen LogP contribution in [0.15, 0.2) is 53.2 Å². The van der Waals surface area contributed by atoms with E-state index in [0.29, 0.717) is 31.6 Å². The minimum absolute atomic E-state index is 0.0101. The average Bonchev–Trinajstić information content (AvgIpc) is 3.27. The Labute approximate surface area is 177 Å². The van der Waals surface area contributed by atoms with Crippen LogP contribution in [0.2, 0.25) is 0 Å². The van der Waals surface area contributed by atoms with Gasteiger partial charge in [0.05, 0.1) is 11.8 Å². The normalized spacial score (nSPS) is 15.6. The number of aliphatic hydroxyl groups excluding tert-OH is 1. The van der Waals surface area contributed by atoms with Crippen molar-refractivity contribution in [3.05, 3.63) is 77.4 Å². The number of ether oxygens (including phenoxy) is 1. The molecule has 0 saturated carbocycles. The molecule has 162 valence electrons. The Bertz CT molecular complexity index is 1020. The minimum atomic E-state index is -0.827. The van der Waals surface area contributed by atoms with E-state index in [9.17, 15) is 18.7 Å². The van der Waals surface area contributed by atoms with E-state index in [2.05, 4.69) is 10.1 Å². The zero-order chi connectivity index (χ0) is 21.8. The lowest BCUT2D eigenvalue weighted by Crippen LogP contribution is -2.40. The van der Waals surface area contributed by atoms with Crippen LogP contribution < -0.4 is 4.74 Å². The Balaban J connectivity index is 1.32. The molecule has 1 aliphatic heterocycles. The number of aromatic nitrogens is 2. The fraction of sp³-hybridized carbons (Fsp3) is 0.318. The van der Waals surface area contributed by atoms with Gasteiger partial charge in [0.1, 0.15) is 6.61 Å². The van der Waals surface area contributed by atoms with Gasteiger partial charge in [0, 0.05) is 25.4 Å². The number of hydrogen-bond donors (Lipinski definition) is 1. The van der Waals surface area contributed by atoms with Gasteiger partial charge in [0.25, 0.3) is 5.91 Å². The van der Waals surface area contributed by atoms with Crippen LogP contribution in [0, 0.1) is 17.6 Å². The van der Waals surface area contributed by atoms with Crippen molar-refractivity contribution >= 4 is 5.91 Å². The summed E-state index contributed by atoms with van der Waals surface area (Å²) in [5, 5.41) is 14.3. The Hall–Kier alpha value is -3.33. The molecule has 1 saturated heterocycles. The van der Waals surface area contributed by atoms with Crippen molar-refractivity contribution in [3.63, 3.8) is 0 Å². The van der Waals surface area contributed by atoms with Crippen molar-refractivity contribution in [2.45, 2.75) is 25.6 Å². The molecular formula is C22H21F2N3O4. The molecule has 9 heteroatoms. The highest BCUT2D eigenvalue weighted by Gasteiger charge is 2.30. The summed E-state index contributed by atoms with van der Waals surface area (Å²) in [5.74, 6) is -2.29. The molecule has 0 spiro atoms. The Kier molecular flexibility index (Phi) is 6.22. The van der Waals surface area contributed by atoms with Crippen LogP contribution in [0.25, 0.3) is 0 Å². The SMILES string of the molecule is O=C(c1cc(COc2c(F)cccc2F)on1)N1CCC(C(O)c2ccccn2)CC1. The highest BCUT2D eigenvalue weighted by Crippen LogP contribution is 2.30. The van der Waals surface area contributed by atoms with Gasteiger partial charge in [-0.15, -0.1) is 0 Å². The first-order valence-electron chi connectivity index (χ1n) is 9.93. The zero-order valence-corrected chi connectivity index (χ0v) is 16.6. The van der Waals surface area contributed by atoms with Gasteiger partial charge in [-0.25, -0.2) is 8.78 Å². The number of carbonyl (C=O) groups excluding carboxylic acids is 1. The molecule has 31 heavy (non-hydrogen) atoms. The lowest BCUT2D eigenvalue weighted by atomic mass is 9.89. The lowest BCUT2D eigenvalue weighted by Gasteiger charge is -2.33. The quantitative estimate of drug-likeness (QED) is 0.645. The number of aliphatic hydroxyl groups is 1. The molecule has 1 amide bonds. The average molecular weight is 429 g/mol. The van der Waals surface area contributed by atoms with Gasteiger partial charge in [-0.05, 0) is 43.0 Å². The van der Waals surface area contributed by atoms with Crippen molar-refractivity contribution in [2.75, 3.05) is 13.1 Å². The van der Waals surface area contributed by atoms with Crippen molar-refractivity contribution < 1.29 is 27.9 Å². The predicted octanol–water partition coefficient (Wildman–Crippen LogP) is 3.51. The second-order valence-electron chi connectivity index (χ2n) is 7.35. The first kappa shape index (κ1) is 20.9. The Morgan fingerprint density at radius 2 is 1.94 bits per heavy atom. The third-order valence-corrected chi connectivity index (χ3v) is 5.32. The van der Waals surface area contributed by atoms with Gasteiger partial charge >= 0.3 is 0 Å². The predicted molar refractivity (Wildman–Crippen MR) is 105 cm³/mol. The van der Waals surface area contributed by atoms with Gasteiger partial charge in [-0.2, -0.15) is 0 Å². The van der Waals surface area contributed by atoms with Crippen molar-refractivity contribution in [2.24, 2.45) is 5.92 Å². The van der Waals surface area contributed by atoms with Crippen LogP contribution in [0.3, 0.4) is 0 Å². The van der Waals surface area contributed by atoms with Crippen LogP contribution in [0.4, 0.5) is 8.78 Å². The zero-order valence-electron chi connectivity index (χ0n) is 16.6. The fourth-order valence-electron chi connectivity index (χ4n) is 3.62. The summed E-state index contributed by atoms with van der Waals surface area (Å²) < 4.78 is 37.5. The van der Waals surface area contributed by atoms with Crippen LogP contribution in [-0.2, 0) is 6.61 Å². The number of para-hydroxylation sites is 1. The van der Waals surface area contributed by atoms with E-state index in [1.54, 1.807) is 23.2 Å². The standard InChI is InChI=1S/C22H21F2N3O4/c23-16-4-3-5-17(24)21(16)30-13-15-12-19(26-31-15)22(29)27-10-7-14(8-11-27)20(28)18-6-1-2-9-25-18/h1-6,9,12,14,20,28H,7-8,10-11,13H2. The maximum atomic E-state index is 13.6. The molecule has 1 aromatic carbocycles. The number of rotatable bonds is 6. The van der Waals surface area contributed by atoms with E-state index in [0.717, 1.165) is 12.1 Å². The first-order valence-corrected chi connectivity index (χ1v) is 9.93. The molecule has 0 radical (unpaired) electrons. The highest BCUT2D eigenvalue weighted by atomic mass is 19.1. The summed E-state index contributed by atoms with van der Waals surface area (Å²) in [6, 6.07) is 10.2. The summed E-state index contributed by atoms with van der Waals surface area (Å²) in [6.07, 6.45) is 2.23. The third-order valence-electron chi connectivity index (χ3n) is 5.32. The number of likely N-dealkylation sites (tertiary alicyclic amines) is 1. The maximum Gasteiger partial charge on any atom is 0.276 e. The van der Waals surface area contributed by atoms with Crippen LogP contribution in [0.1, 0.15) is 40.9 Å². The molecule has 4 rings (SSSR count). The molecule has 3 heterocycles. The molecule has 1 unspecified atom stereocenters. The maximum absolute atomic E-state index is 13.6. The molecule has 3 aromatic rings. The summed E-state index contributed by atoms with van der Waals surface area (Å²) in [5.41, 5.74) is 0.719.